The quantitative estimate of drug-likeness (QED) is 0.839. The lowest BCUT2D eigenvalue weighted by Gasteiger charge is -2.15. The zero-order chi connectivity index (χ0) is 14.9. The Morgan fingerprint density at radius 1 is 1.05 bits per heavy atom. The topological polar surface area (TPSA) is 35.2 Å². The summed E-state index contributed by atoms with van der Waals surface area (Å²) in [6, 6.07) is 10.1. The highest BCUT2D eigenvalue weighted by Crippen LogP contribution is 2.33. The van der Waals surface area contributed by atoms with Crippen LogP contribution in [0.3, 0.4) is 0 Å². The lowest BCUT2D eigenvalue weighted by molar-refractivity contribution is 0.474. The fourth-order valence-corrected chi connectivity index (χ4v) is 2.86. The van der Waals surface area contributed by atoms with Gasteiger partial charge in [0.05, 0.1) is 0 Å². The van der Waals surface area contributed by atoms with Crippen molar-refractivity contribution in [2.24, 2.45) is 5.73 Å². The van der Waals surface area contributed by atoms with Crippen molar-refractivity contribution < 1.29 is 4.74 Å². The number of nitrogens with two attached hydrogens (primary N) is 1. The van der Waals surface area contributed by atoms with Crippen LogP contribution in [0.1, 0.15) is 35.2 Å². The summed E-state index contributed by atoms with van der Waals surface area (Å²) in [6.45, 7) is 8.21. The van der Waals surface area contributed by atoms with Crippen molar-refractivity contribution in [1.29, 1.82) is 0 Å². The number of hydrogen-bond donors (Lipinski definition) is 1. The van der Waals surface area contributed by atoms with Gasteiger partial charge in [-0.25, -0.2) is 0 Å². The highest BCUT2D eigenvalue weighted by atomic mass is 79.9. The fraction of sp³-hybridized carbons (Fsp3) is 0.294. The molecule has 0 spiro atoms. The van der Waals surface area contributed by atoms with Gasteiger partial charge in [-0.3, -0.25) is 0 Å². The van der Waals surface area contributed by atoms with E-state index in [0.717, 1.165) is 27.1 Å². The van der Waals surface area contributed by atoms with Crippen molar-refractivity contribution in [3.8, 4) is 11.5 Å². The van der Waals surface area contributed by atoms with E-state index in [4.69, 9.17) is 10.5 Å². The van der Waals surface area contributed by atoms with Crippen LogP contribution in [-0.2, 0) is 0 Å². The van der Waals surface area contributed by atoms with E-state index in [9.17, 15) is 0 Å². The maximum Gasteiger partial charge on any atom is 0.133 e. The molecule has 20 heavy (non-hydrogen) atoms. The smallest absolute Gasteiger partial charge is 0.133 e. The Morgan fingerprint density at radius 3 is 2.30 bits per heavy atom. The van der Waals surface area contributed by atoms with Gasteiger partial charge in [0.25, 0.3) is 0 Å². The summed E-state index contributed by atoms with van der Waals surface area (Å²) in [5.74, 6) is 1.75. The Balaban J connectivity index is 2.36. The van der Waals surface area contributed by atoms with Crippen LogP contribution in [0.25, 0.3) is 0 Å². The second-order valence-electron chi connectivity index (χ2n) is 5.23. The lowest BCUT2D eigenvalue weighted by atomic mass is 10.1. The monoisotopic (exact) mass is 333 g/mol. The number of ether oxygens (including phenoxy) is 1. The first-order valence-corrected chi connectivity index (χ1v) is 7.49. The fourth-order valence-electron chi connectivity index (χ4n) is 2.14. The molecule has 2 rings (SSSR count). The van der Waals surface area contributed by atoms with Crippen molar-refractivity contribution in [3.63, 3.8) is 0 Å². The van der Waals surface area contributed by atoms with E-state index in [0.29, 0.717) is 0 Å². The molecule has 2 N–H and O–H groups in total. The third-order valence-corrected chi connectivity index (χ3v) is 4.24. The van der Waals surface area contributed by atoms with E-state index in [1.807, 2.05) is 25.1 Å². The molecule has 0 radical (unpaired) electrons. The molecule has 0 aromatic heterocycles. The summed E-state index contributed by atoms with van der Waals surface area (Å²) < 4.78 is 7.05. The average molecular weight is 334 g/mol. The third kappa shape index (κ3) is 3.05. The van der Waals surface area contributed by atoms with Crippen LogP contribution in [0, 0.1) is 20.8 Å². The first-order chi connectivity index (χ1) is 9.40. The van der Waals surface area contributed by atoms with Gasteiger partial charge in [0.15, 0.2) is 0 Å². The van der Waals surface area contributed by atoms with Gasteiger partial charge in [0, 0.05) is 10.5 Å². The second-order valence-corrected chi connectivity index (χ2v) is 6.08. The lowest BCUT2D eigenvalue weighted by Crippen LogP contribution is -2.05. The van der Waals surface area contributed by atoms with Crippen molar-refractivity contribution >= 4 is 15.9 Å². The van der Waals surface area contributed by atoms with E-state index < -0.39 is 0 Å². The van der Waals surface area contributed by atoms with Crippen molar-refractivity contribution in [2.45, 2.75) is 33.7 Å². The summed E-state index contributed by atoms with van der Waals surface area (Å²) in [4.78, 5) is 0. The largest absolute Gasteiger partial charge is 0.457 e. The summed E-state index contributed by atoms with van der Waals surface area (Å²) in [6.07, 6.45) is 0. The van der Waals surface area contributed by atoms with Gasteiger partial charge in [0.2, 0.25) is 0 Å². The molecule has 0 aliphatic heterocycles. The minimum atomic E-state index is 0.000803. The van der Waals surface area contributed by atoms with E-state index >= 15 is 0 Å². The van der Waals surface area contributed by atoms with Crippen molar-refractivity contribution in [2.75, 3.05) is 0 Å². The highest BCUT2D eigenvalue weighted by Gasteiger charge is 2.10. The molecule has 0 aliphatic rings. The number of rotatable bonds is 3. The first-order valence-electron chi connectivity index (χ1n) is 6.70. The Bertz CT molecular complexity index is 635. The minimum Gasteiger partial charge on any atom is -0.457 e. The molecule has 0 aliphatic carbocycles. The number of benzene rings is 2. The minimum absolute atomic E-state index is 0.000803. The molecule has 0 fully saturated rings. The molecule has 1 atom stereocenters. The van der Waals surface area contributed by atoms with Gasteiger partial charge in [-0.2, -0.15) is 0 Å². The van der Waals surface area contributed by atoms with Crippen molar-refractivity contribution in [1.82, 2.24) is 0 Å². The average Bonchev–Trinajstić information content (AvgIpc) is 2.39. The molecule has 0 saturated heterocycles. The van der Waals surface area contributed by atoms with Gasteiger partial charge in [0.1, 0.15) is 11.5 Å². The highest BCUT2D eigenvalue weighted by molar-refractivity contribution is 9.10. The van der Waals surface area contributed by atoms with Gasteiger partial charge in [-0.15, -0.1) is 0 Å². The van der Waals surface area contributed by atoms with Crippen LogP contribution < -0.4 is 10.5 Å². The number of halogens is 1. The predicted octanol–water partition coefficient (Wildman–Crippen LogP) is 5.19. The molecule has 0 heterocycles. The van der Waals surface area contributed by atoms with Gasteiger partial charge < -0.3 is 10.5 Å². The maximum absolute atomic E-state index is 6.07. The Labute approximate surface area is 129 Å². The van der Waals surface area contributed by atoms with Crippen molar-refractivity contribution in [3.05, 3.63) is 57.1 Å². The summed E-state index contributed by atoms with van der Waals surface area (Å²) >= 11 is 3.55. The van der Waals surface area contributed by atoms with Crippen LogP contribution in [0.5, 0.6) is 11.5 Å². The van der Waals surface area contributed by atoms with E-state index in [-0.39, 0.29) is 6.04 Å². The molecule has 2 aromatic carbocycles. The molecule has 0 bridgehead atoms. The van der Waals surface area contributed by atoms with Crippen LogP contribution in [0.15, 0.2) is 34.8 Å². The summed E-state index contributed by atoms with van der Waals surface area (Å²) in [5, 5.41) is 0. The zero-order valence-corrected chi connectivity index (χ0v) is 13.9. The maximum atomic E-state index is 6.07. The molecule has 0 saturated carbocycles. The third-order valence-electron chi connectivity index (χ3n) is 3.56. The molecular weight excluding hydrogens is 314 g/mol. The van der Waals surface area contributed by atoms with Crippen LogP contribution in [-0.4, -0.2) is 0 Å². The van der Waals surface area contributed by atoms with Crippen LogP contribution in [0.4, 0.5) is 0 Å². The van der Waals surface area contributed by atoms with E-state index in [1.54, 1.807) is 0 Å². The molecule has 0 amide bonds. The normalized spacial score (nSPS) is 12.3. The Hall–Kier alpha value is -1.32. The predicted molar refractivity (Wildman–Crippen MR) is 87.5 cm³/mol. The molecule has 2 aromatic rings. The van der Waals surface area contributed by atoms with E-state index in [2.05, 4.69) is 48.8 Å². The number of hydrogen-bond acceptors (Lipinski definition) is 2. The second kappa shape index (κ2) is 5.98. The van der Waals surface area contributed by atoms with Crippen LogP contribution in [0.2, 0.25) is 0 Å². The Kier molecular flexibility index (Phi) is 4.51. The van der Waals surface area contributed by atoms with E-state index in [1.165, 1.54) is 11.1 Å². The molecular formula is C17H20BrNO. The van der Waals surface area contributed by atoms with Crippen LogP contribution >= 0.6 is 15.9 Å². The SMILES string of the molecule is Cc1ccc(C)c(Oc2ccc([C@H](C)N)c(Br)c2)c1C. The standard InChI is InChI=1S/C17H20BrNO/c1-10-5-6-11(2)17(12(10)3)20-14-7-8-15(13(4)19)16(18)9-14/h5-9,13H,19H2,1-4H3/t13-/m0/s1. The zero-order valence-electron chi connectivity index (χ0n) is 12.3. The molecule has 0 unspecified atom stereocenters. The Morgan fingerprint density at radius 2 is 1.70 bits per heavy atom. The number of aryl methyl sites for hydroxylation is 2. The molecule has 106 valence electrons. The summed E-state index contributed by atoms with van der Waals surface area (Å²) in [5.41, 5.74) is 10.5. The van der Waals surface area contributed by atoms with Gasteiger partial charge in [-0.1, -0.05) is 34.1 Å². The van der Waals surface area contributed by atoms with Gasteiger partial charge in [-0.05, 0) is 62.1 Å². The summed E-state index contributed by atoms with van der Waals surface area (Å²) in [7, 11) is 0. The van der Waals surface area contributed by atoms with Gasteiger partial charge >= 0.3 is 0 Å². The molecule has 3 heteroatoms. The molecule has 2 nitrogen and oxygen atoms in total. The first kappa shape index (κ1) is 15.1.